The quantitative estimate of drug-likeness (QED) is 0.456. The van der Waals surface area contributed by atoms with Gasteiger partial charge in [0, 0.05) is 0 Å². The van der Waals surface area contributed by atoms with Gasteiger partial charge >= 0.3 is 0 Å². The third kappa shape index (κ3) is 3.68. The monoisotopic (exact) mass is 193 g/mol. The lowest BCUT2D eigenvalue weighted by molar-refractivity contribution is 0.579. The lowest BCUT2D eigenvalue weighted by atomic mass is 15.9. The van der Waals surface area contributed by atoms with E-state index < -0.39 is 14.9 Å². The van der Waals surface area contributed by atoms with Crippen molar-refractivity contribution >= 4 is 48.4 Å². The Morgan fingerprint density at radius 3 is 1.71 bits per heavy atom. The van der Waals surface area contributed by atoms with Gasteiger partial charge in [0.2, 0.25) is 0 Å². The molecule has 0 bridgehead atoms. The molecular weight excluding hydrogens is 192 g/mol. The van der Waals surface area contributed by atoms with Gasteiger partial charge in [0.25, 0.3) is 0 Å². The van der Waals surface area contributed by atoms with Crippen LogP contribution in [0.3, 0.4) is 0 Å². The van der Waals surface area contributed by atoms with E-state index in [0.717, 1.165) is 0 Å². The van der Waals surface area contributed by atoms with Gasteiger partial charge in [-0.05, 0) is 11.2 Å². The summed E-state index contributed by atoms with van der Waals surface area (Å²) < 4.78 is 18.3. The van der Waals surface area contributed by atoms with Gasteiger partial charge in [-0.3, -0.25) is 4.21 Å². The number of hydrogen-bond acceptors (Lipinski definition) is 5. The number of hydrogen-bond donors (Lipinski definition) is 1. The molecule has 7 heteroatoms. The maximum atomic E-state index is 10.1. The smallest absolute Gasteiger partial charge is 0.0760 e. The summed E-state index contributed by atoms with van der Waals surface area (Å²) in [4.78, 5) is 0. The van der Waals surface area contributed by atoms with Crippen LogP contribution < -0.4 is 0 Å². The predicted octanol–water partition coefficient (Wildman–Crippen LogP) is -0.337. The summed E-state index contributed by atoms with van der Waals surface area (Å²) in [5.41, 5.74) is 0. The molecule has 0 spiro atoms. The molecule has 1 atom stereocenters. The summed E-state index contributed by atoms with van der Waals surface area (Å²) in [6.07, 6.45) is 0. The first-order valence-corrected chi connectivity index (χ1v) is 7.05. The molecule has 0 aromatic rings. The lowest BCUT2D eigenvalue weighted by Gasteiger charge is -1.96. The van der Waals surface area contributed by atoms with Gasteiger partial charge < -0.3 is 4.55 Å². The molecule has 7 heavy (non-hydrogen) atoms. The summed E-state index contributed by atoms with van der Waals surface area (Å²) in [5, 5.41) is 0. The van der Waals surface area contributed by atoms with E-state index in [1.54, 1.807) is 0 Å². The highest BCUT2D eigenvalue weighted by molar-refractivity contribution is 8.94. The molecule has 1 unspecified atom stereocenters. The van der Waals surface area contributed by atoms with Crippen LogP contribution in [0.4, 0.5) is 0 Å². The van der Waals surface area contributed by atoms with Crippen molar-refractivity contribution in [1.82, 2.24) is 0 Å². The summed E-state index contributed by atoms with van der Waals surface area (Å²) >= 11 is 12.5. The van der Waals surface area contributed by atoms with Crippen LogP contribution in [-0.4, -0.2) is 8.76 Å². The Morgan fingerprint density at radius 1 is 1.57 bits per heavy atom. The van der Waals surface area contributed by atoms with Gasteiger partial charge in [0.05, 0.1) is 7.80 Å². The standard InChI is InChI=1S/HO2S5/c1-7(2,5)6(3)4/h(H,1,2,5)/q-1. The Hall–Kier alpha value is 1.12. The Balaban J connectivity index is 4.82. The minimum Gasteiger partial charge on any atom is -0.320 e. The van der Waals surface area contributed by atoms with Crippen LogP contribution in [0.5, 0.6) is 0 Å². The topological polar surface area (TPSA) is 37.3 Å². The molecule has 0 heterocycles. The van der Waals surface area contributed by atoms with Gasteiger partial charge in [-0.2, -0.15) is 0 Å². The van der Waals surface area contributed by atoms with E-state index in [2.05, 4.69) is 33.6 Å². The van der Waals surface area contributed by atoms with Crippen LogP contribution >= 0.6 is 0 Å². The van der Waals surface area contributed by atoms with Crippen molar-refractivity contribution in [3.63, 3.8) is 0 Å². The lowest BCUT2D eigenvalue weighted by Crippen LogP contribution is -1.91. The first kappa shape index (κ1) is 8.12. The van der Waals surface area contributed by atoms with Gasteiger partial charge in [0.15, 0.2) is 0 Å². The van der Waals surface area contributed by atoms with Crippen molar-refractivity contribution in [2.75, 3.05) is 0 Å². The zero-order chi connectivity index (χ0) is 6.08. The highest BCUT2D eigenvalue weighted by Gasteiger charge is 1.76. The molecule has 0 aliphatic heterocycles. The van der Waals surface area contributed by atoms with Crippen molar-refractivity contribution in [2.24, 2.45) is 0 Å². The molecule has 0 fully saturated rings. The Labute approximate surface area is 57.0 Å². The molecule has 2 nitrogen and oxygen atoms in total. The van der Waals surface area contributed by atoms with E-state index >= 15 is 0 Å². The minimum absolute atomic E-state index is 1.37. The highest BCUT2D eigenvalue weighted by atomic mass is 33.6. The van der Waals surface area contributed by atoms with E-state index in [1.165, 1.54) is 0 Å². The molecule has 0 rings (SSSR count). The van der Waals surface area contributed by atoms with Crippen LogP contribution in [0.2, 0.25) is 0 Å². The molecular formula is HO2S5-. The van der Waals surface area contributed by atoms with E-state index in [4.69, 9.17) is 4.55 Å². The van der Waals surface area contributed by atoms with Crippen molar-refractivity contribution in [1.29, 1.82) is 0 Å². The Morgan fingerprint density at radius 2 is 1.71 bits per heavy atom. The van der Waals surface area contributed by atoms with Gasteiger partial charge in [-0.1, -0.05) is 0 Å². The summed E-state index contributed by atoms with van der Waals surface area (Å²) in [7, 11) is -4.62. The normalized spacial score (nSPS) is 19.1. The molecule has 0 aromatic heterocycles. The molecule has 0 aliphatic carbocycles. The summed E-state index contributed by atoms with van der Waals surface area (Å²) in [6, 6.07) is 0. The largest absolute Gasteiger partial charge is 0.320 e. The second kappa shape index (κ2) is 2.60. The fourth-order valence-corrected chi connectivity index (χ4v) is 0. The first-order valence-electron chi connectivity index (χ1n) is 1.02. The average molecular weight is 193 g/mol. The van der Waals surface area contributed by atoms with E-state index in [0.29, 0.717) is 0 Å². The fourth-order valence-electron chi connectivity index (χ4n) is 0. The molecule has 0 amide bonds. The molecule has 0 aromatic carbocycles. The van der Waals surface area contributed by atoms with E-state index in [9.17, 15) is 4.21 Å². The van der Waals surface area contributed by atoms with Gasteiger partial charge in [-0.15, -0.1) is 0 Å². The maximum Gasteiger partial charge on any atom is 0.0760 e. The van der Waals surface area contributed by atoms with Crippen LogP contribution in [0.1, 0.15) is 0 Å². The minimum atomic E-state index is -3.25. The van der Waals surface area contributed by atoms with Gasteiger partial charge in [-0.25, -0.2) is 29.4 Å². The second-order valence-electron chi connectivity index (χ2n) is 0.632. The zero-order valence-corrected chi connectivity index (χ0v) is 6.98. The third-order valence-corrected chi connectivity index (χ3v) is 7.64. The second-order valence-corrected chi connectivity index (χ2v) is 10.1. The molecule has 0 saturated carbocycles. The zero-order valence-electron chi connectivity index (χ0n) is 2.90. The maximum absolute atomic E-state index is 10.1. The molecule has 44 valence electrons. The highest BCUT2D eigenvalue weighted by Crippen LogP contribution is 1.80. The Bertz CT molecular complexity index is 194. The van der Waals surface area contributed by atoms with Crippen LogP contribution in [0, 0.1) is 0 Å². The molecule has 0 radical (unpaired) electrons. The first-order chi connectivity index (χ1) is 2.94. The molecule has 0 saturated heterocycles. The van der Waals surface area contributed by atoms with Crippen molar-refractivity contribution < 1.29 is 8.76 Å². The van der Waals surface area contributed by atoms with E-state index in [1.807, 2.05) is 0 Å². The summed E-state index contributed by atoms with van der Waals surface area (Å²) in [6.45, 7) is 0. The van der Waals surface area contributed by atoms with E-state index in [-0.39, 0.29) is 0 Å². The van der Waals surface area contributed by atoms with Crippen molar-refractivity contribution in [3.8, 4) is 0 Å². The van der Waals surface area contributed by atoms with Crippen LogP contribution in [0.15, 0.2) is 0 Å². The van der Waals surface area contributed by atoms with Crippen LogP contribution in [-0.2, 0) is 48.4 Å². The SMILES string of the molecule is O=S(O)(=S)[S-](=S)=S. The van der Waals surface area contributed by atoms with Crippen LogP contribution in [0.25, 0.3) is 0 Å². The fraction of sp³-hybridized carbons (Fsp3) is 0. The average Bonchev–Trinajstić information content (AvgIpc) is 1.31. The molecule has 0 aliphatic rings. The molecule has 1 N–H and O–H groups in total. The van der Waals surface area contributed by atoms with Gasteiger partial charge in [0.1, 0.15) is 0 Å². The number of rotatable bonds is 1. The predicted molar refractivity (Wildman–Crippen MR) is 40.2 cm³/mol. The summed E-state index contributed by atoms with van der Waals surface area (Å²) in [5.74, 6) is 0. The van der Waals surface area contributed by atoms with Crippen molar-refractivity contribution in [2.45, 2.75) is 0 Å². The van der Waals surface area contributed by atoms with Crippen molar-refractivity contribution in [3.05, 3.63) is 0 Å². The Kier molecular flexibility index (Phi) is 3.02. The third-order valence-electron chi connectivity index (χ3n) is 0.172.